The molecular formula is C13H9Cl2FN4. The van der Waals surface area contributed by atoms with Gasteiger partial charge in [-0.2, -0.15) is 5.26 Å². The summed E-state index contributed by atoms with van der Waals surface area (Å²) in [6.45, 7) is 0. The Morgan fingerprint density at radius 1 is 1.25 bits per heavy atom. The van der Waals surface area contributed by atoms with Crippen LogP contribution in [-0.4, -0.2) is 12.0 Å². The van der Waals surface area contributed by atoms with Gasteiger partial charge < -0.3 is 10.6 Å². The van der Waals surface area contributed by atoms with Crippen LogP contribution in [0, 0.1) is 17.1 Å². The number of anilines is 3. The lowest BCUT2D eigenvalue weighted by molar-refractivity contribution is 0.624. The minimum absolute atomic E-state index is 0.105. The van der Waals surface area contributed by atoms with Crippen LogP contribution in [0.15, 0.2) is 24.3 Å². The third-order valence-electron chi connectivity index (χ3n) is 2.54. The highest BCUT2D eigenvalue weighted by Gasteiger charge is 2.12. The zero-order valence-electron chi connectivity index (χ0n) is 10.3. The molecule has 0 radical (unpaired) electrons. The fourth-order valence-corrected chi connectivity index (χ4v) is 2.10. The van der Waals surface area contributed by atoms with Crippen LogP contribution in [0.25, 0.3) is 0 Å². The van der Waals surface area contributed by atoms with E-state index in [9.17, 15) is 4.39 Å². The van der Waals surface area contributed by atoms with Gasteiger partial charge in [0.15, 0.2) is 5.82 Å². The van der Waals surface area contributed by atoms with Crippen molar-refractivity contribution in [3.8, 4) is 6.07 Å². The molecule has 0 saturated heterocycles. The van der Waals surface area contributed by atoms with E-state index < -0.39 is 5.82 Å². The van der Waals surface area contributed by atoms with Crippen LogP contribution in [0.3, 0.4) is 0 Å². The summed E-state index contributed by atoms with van der Waals surface area (Å²) < 4.78 is 13.5. The van der Waals surface area contributed by atoms with E-state index in [0.717, 1.165) is 0 Å². The number of aromatic nitrogens is 1. The SMILES string of the molecule is CNc1nc(Nc2cccc(F)c2C#N)c(Cl)cc1Cl. The normalized spacial score (nSPS) is 9.95. The summed E-state index contributed by atoms with van der Waals surface area (Å²) >= 11 is 12.0. The molecule has 2 N–H and O–H groups in total. The van der Waals surface area contributed by atoms with Crippen molar-refractivity contribution in [1.29, 1.82) is 5.26 Å². The zero-order valence-corrected chi connectivity index (χ0v) is 11.8. The van der Waals surface area contributed by atoms with Crippen molar-refractivity contribution >= 4 is 40.5 Å². The van der Waals surface area contributed by atoms with Gasteiger partial charge in [0.2, 0.25) is 0 Å². The average Bonchev–Trinajstić information content (AvgIpc) is 2.42. The Kier molecular flexibility index (Phi) is 4.28. The van der Waals surface area contributed by atoms with Gasteiger partial charge in [0, 0.05) is 7.05 Å². The summed E-state index contributed by atoms with van der Waals surface area (Å²) in [6.07, 6.45) is 0. The topological polar surface area (TPSA) is 60.7 Å². The summed E-state index contributed by atoms with van der Waals surface area (Å²) in [6, 6.07) is 7.56. The van der Waals surface area contributed by atoms with Gasteiger partial charge in [-0.1, -0.05) is 29.3 Å². The molecule has 2 aromatic rings. The standard InChI is InChI=1S/C13H9Cl2FN4/c1-18-12-8(14)5-9(15)13(20-12)19-11-4-2-3-10(16)7(11)6-17/h2-5H,1H3,(H2,18,19,20). The largest absolute Gasteiger partial charge is 0.372 e. The van der Waals surface area contributed by atoms with Gasteiger partial charge in [0.1, 0.15) is 23.3 Å². The molecule has 0 aliphatic heterocycles. The Hall–Kier alpha value is -2.03. The lowest BCUT2D eigenvalue weighted by atomic mass is 10.2. The molecule has 0 fully saturated rings. The molecule has 0 aliphatic rings. The maximum atomic E-state index is 13.5. The zero-order chi connectivity index (χ0) is 14.7. The molecule has 0 spiro atoms. The predicted octanol–water partition coefficient (Wildman–Crippen LogP) is 4.18. The van der Waals surface area contributed by atoms with E-state index in [1.807, 2.05) is 0 Å². The Balaban J connectivity index is 2.46. The Labute approximate surface area is 125 Å². The molecular weight excluding hydrogens is 302 g/mol. The van der Waals surface area contributed by atoms with Crippen molar-refractivity contribution in [3.05, 3.63) is 45.7 Å². The first kappa shape index (κ1) is 14.4. The fraction of sp³-hybridized carbons (Fsp3) is 0.0769. The number of nitrogens with zero attached hydrogens (tertiary/aromatic N) is 2. The highest BCUT2D eigenvalue weighted by atomic mass is 35.5. The first-order valence-electron chi connectivity index (χ1n) is 5.56. The van der Waals surface area contributed by atoms with Crippen molar-refractivity contribution in [2.75, 3.05) is 17.7 Å². The summed E-state index contributed by atoms with van der Waals surface area (Å²) in [5.74, 6) is 0.0902. The molecule has 2 rings (SSSR count). The number of hydrogen-bond donors (Lipinski definition) is 2. The Morgan fingerprint density at radius 3 is 2.60 bits per heavy atom. The maximum absolute atomic E-state index is 13.5. The summed E-state index contributed by atoms with van der Waals surface area (Å²) in [4.78, 5) is 4.17. The van der Waals surface area contributed by atoms with Crippen LogP contribution in [-0.2, 0) is 0 Å². The van der Waals surface area contributed by atoms with Gasteiger partial charge in [0.25, 0.3) is 0 Å². The highest BCUT2D eigenvalue weighted by molar-refractivity contribution is 6.37. The summed E-state index contributed by atoms with van der Waals surface area (Å²) in [5, 5.41) is 15.2. The van der Waals surface area contributed by atoms with Gasteiger partial charge >= 0.3 is 0 Å². The molecule has 1 heterocycles. The van der Waals surface area contributed by atoms with Gasteiger partial charge in [0.05, 0.1) is 15.7 Å². The van der Waals surface area contributed by atoms with Gasteiger partial charge in [-0.05, 0) is 18.2 Å². The Bertz CT molecular complexity index is 698. The molecule has 0 aliphatic carbocycles. The van der Waals surface area contributed by atoms with Crippen LogP contribution >= 0.6 is 23.2 Å². The third kappa shape index (κ3) is 2.77. The molecule has 1 aromatic heterocycles. The first-order chi connectivity index (χ1) is 9.56. The number of nitrogens with one attached hydrogen (secondary N) is 2. The maximum Gasteiger partial charge on any atom is 0.151 e. The second kappa shape index (κ2) is 5.95. The van der Waals surface area contributed by atoms with Gasteiger partial charge in [-0.25, -0.2) is 9.37 Å². The van der Waals surface area contributed by atoms with E-state index in [0.29, 0.717) is 10.8 Å². The van der Waals surface area contributed by atoms with Crippen LogP contribution in [0.4, 0.5) is 21.7 Å². The molecule has 7 heteroatoms. The first-order valence-corrected chi connectivity index (χ1v) is 6.32. The van der Waals surface area contributed by atoms with E-state index in [4.69, 9.17) is 28.5 Å². The molecule has 0 atom stereocenters. The van der Waals surface area contributed by atoms with E-state index in [2.05, 4.69) is 15.6 Å². The molecule has 4 nitrogen and oxygen atoms in total. The van der Waals surface area contributed by atoms with Crippen LogP contribution in [0.2, 0.25) is 10.0 Å². The van der Waals surface area contributed by atoms with Crippen LogP contribution in [0.5, 0.6) is 0 Å². The number of benzene rings is 1. The molecule has 102 valence electrons. The second-order valence-electron chi connectivity index (χ2n) is 3.80. The number of halogens is 3. The minimum Gasteiger partial charge on any atom is -0.372 e. The monoisotopic (exact) mass is 310 g/mol. The lowest BCUT2D eigenvalue weighted by Gasteiger charge is -2.12. The van der Waals surface area contributed by atoms with E-state index in [-0.39, 0.29) is 22.1 Å². The van der Waals surface area contributed by atoms with E-state index in [1.54, 1.807) is 19.2 Å². The number of pyridine rings is 1. The van der Waals surface area contributed by atoms with Gasteiger partial charge in [-0.15, -0.1) is 0 Å². The van der Waals surface area contributed by atoms with Crippen LogP contribution < -0.4 is 10.6 Å². The fourth-order valence-electron chi connectivity index (χ4n) is 1.60. The van der Waals surface area contributed by atoms with Crippen molar-refractivity contribution in [2.45, 2.75) is 0 Å². The summed E-state index contributed by atoms with van der Waals surface area (Å²) in [5.41, 5.74) is 0.178. The molecule has 1 aromatic carbocycles. The highest BCUT2D eigenvalue weighted by Crippen LogP contribution is 2.31. The average molecular weight is 311 g/mol. The van der Waals surface area contributed by atoms with Crippen molar-refractivity contribution in [2.24, 2.45) is 0 Å². The summed E-state index contributed by atoms with van der Waals surface area (Å²) in [7, 11) is 1.66. The third-order valence-corrected chi connectivity index (χ3v) is 3.12. The molecule has 0 bridgehead atoms. The number of nitriles is 1. The van der Waals surface area contributed by atoms with Crippen molar-refractivity contribution in [1.82, 2.24) is 4.98 Å². The van der Waals surface area contributed by atoms with E-state index >= 15 is 0 Å². The molecule has 0 amide bonds. The molecule has 20 heavy (non-hydrogen) atoms. The Morgan fingerprint density at radius 2 is 1.95 bits per heavy atom. The molecule has 0 saturated carbocycles. The minimum atomic E-state index is -0.614. The number of hydrogen-bond acceptors (Lipinski definition) is 4. The molecule has 0 unspecified atom stereocenters. The smallest absolute Gasteiger partial charge is 0.151 e. The van der Waals surface area contributed by atoms with E-state index in [1.165, 1.54) is 18.2 Å². The van der Waals surface area contributed by atoms with Crippen molar-refractivity contribution < 1.29 is 4.39 Å². The quantitative estimate of drug-likeness (QED) is 0.892. The van der Waals surface area contributed by atoms with Crippen molar-refractivity contribution in [3.63, 3.8) is 0 Å². The number of rotatable bonds is 3. The predicted molar refractivity (Wildman–Crippen MR) is 78.2 cm³/mol. The second-order valence-corrected chi connectivity index (χ2v) is 4.61. The van der Waals surface area contributed by atoms with Gasteiger partial charge in [-0.3, -0.25) is 0 Å². The van der Waals surface area contributed by atoms with Crippen LogP contribution in [0.1, 0.15) is 5.56 Å². The lowest BCUT2D eigenvalue weighted by Crippen LogP contribution is -2.01.